The number of hydrogen-bond acceptors (Lipinski definition) is 7. The number of hydrogen-bond donors (Lipinski definition) is 4. The van der Waals surface area contributed by atoms with Crippen molar-refractivity contribution in [2.24, 2.45) is 11.8 Å². The zero-order valence-electron chi connectivity index (χ0n) is 24.9. The molecule has 0 saturated carbocycles. The van der Waals surface area contributed by atoms with Crippen molar-refractivity contribution >= 4 is 34.8 Å². The average Bonchev–Trinajstić information content (AvgIpc) is 3.52. The number of amides is 2. The van der Waals surface area contributed by atoms with E-state index in [1.165, 1.54) is 7.05 Å². The topological polar surface area (TPSA) is 139 Å². The molecule has 2 heterocycles. The van der Waals surface area contributed by atoms with Crippen LogP contribution in [0.5, 0.6) is 5.75 Å². The van der Waals surface area contributed by atoms with Crippen LogP contribution in [-0.4, -0.2) is 87.2 Å². The fourth-order valence-electron chi connectivity index (χ4n) is 3.86. The summed E-state index contributed by atoms with van der Waals surface area (Å²) in [7, 11) is 3.03. The molecule has 2 amide bonds. The molecule has 3 rings (SSSR count). The summed E-state index contributed by atoms with van der Waals surface area (Å²) in [5.41, 5.74) is 1.49. The lowest BCUT2D eigenvalue weighted by Crippen LogP contribution is -2.49. The summed E-state index contributed by atoms with van der Waals surface area (Å²) in [6, 6.07) is 5.98. The van der Waals surface area contributed by atoms with Gasteiger partial charge in [-0.15, -0.1) is 0 Å². The molecule has 4 N–H and O–H groups in total. The van der Waals surface area contributed by atoms with Crippen molar-refractivity contribution in [3.8, 4) is 5.75 Å². The van der Waals surface area contributed by atoms with Crippen molar-refractivity contribution in [1.29, 1.82) is 0 Å². The second-order valence-corrected chi connectivity index (χ2v) is 10.4. The van der Waals surface area contributed by atoms with Crippen molar-refractivity contribution in [3.05, 3.63) is 30.0 Å². The minimum atomic E-state index is -5.76. The molecule has 44 heavy (non-hydrogen) atoms. The van der Waals surface area contributed by atoms with E-state index in [-0.39, 0.29) is 13.0 Å². The largest absolute Gasteiger partial charge is 0.496 e. The number of ketones is 1. The predicted molar refractivity (Wildman–Crippen MR) is 149 cm³/mol. The molecule has 0 aliphatic carbocycles. The smallest absolute Gasteiger partial charge is 0.423 e. The number of rotatable bonds is 11. The Hall–Kier alpha value is -3.66. The van der Waals surface area contributed by atoms with Crippen molar-refractivity contribution in [3.63, 3.8) is 0 Å². The van der Waals surface area contributed by atoms with E-state index in [0.29, 0.717) is 18.7 Å². The SMILES string of the molecule is CC(C)C.CNCC(=O)NC(CC1CCNC1=O)C(=O)COC(C(F)(F)F)C(F)(F)F.COc1cccc2[nH]c(C=O)cc12. The monoisotopic (exact) mass is 640 g/mol. The summed E-state index contributed by atoms with van der Waals surface area (Å²) in [5.74, 6) is -1.41. The van der Waals surface area contributed by atoms with E-state index < -0.39 is 54.6 Å². The van der Waals surface area contributed by atoms with Crippen LogP contribution in [-0.2, 0) is 19.1 Å². The van der Waals surface area contributed by atoms with Gasteiger partial charge in [0.25, 0.3) is 0 Å². The number of fused-ring (bicyclic) bond motifs is 1. The number of carbonyl (C=O) groups excluding carboxylic acids is 4. The number of benzene rings is 1. The van der Waals surface area contributed by atoms with Crippen molar-refractivity contribution in [1.82, 2.24) is 20.9 Å². The van der Waals surface area contributed by atoms with Gasteiger partial charge in [0.2, 0.25) is 17.9 Å². The van der Waals surface area contributed by atoms with E-state index >= 15 is 0 Å². The van der Waals surface area contributed by atoms with Gasteiger partial charge < -0.3 is 30.4 Å². The highest BCUT2D eigenvalue weighted by Gasteiger charge is 2.58. The number of aldehydes is 1. The van der Waals surface area contributed by atoms with Gasteiger partial charge in [-0.1, -0.05) is 26.8 Å². The quantitative estimate of drug-likeness (QED) is 0.216. The minimum absolute atomic E-state index is 0.241. The lowest BCUT2D eigenvalue weighted by atomic mass is 9.96. The molecule has 0 spiro atoms. The molecule has 1 aromatic carbocycles. The van der Waals surface area contributed by atoms with E-state index in [0.717, 1.165) is 28.9 Å². The second kappa shape index (κ2) is 17.6. The predicted octanol–water partition coefficient (Wildman–Crippen LogP) is 3.95. The van der Waals surface area contributed by atoms with Crippen LogP contribution in [0, 0.1) is 11.8 Å². The summed E-state index contributed by atoms with van der Waals surface area (Å²) in [6.45, 7) is 5.05. The highest BCUT2D eigenvalue weighted by molar-refractivity contribution is 5.92. The summed E-state index contributed by atoms with van der Waals surface area (Å²) < 4.78 is 83.7. The zero-order valence-corrected chi connectivity index (χ0v) is 24.9. The van der Waals surface area contributed by atoms with Crippen LogP contribution < -0.4 is 20.7 Å². The zero-order chi connectivity index (χ0) is 33.7. The number of aromatic nitrogens is 1. The Labute approximate surface area is 250 Å². The van der Waals surface area contributed by atoms with Crippen LogP contribution in [0.15, 0.2) is 24.3 Å². The van der Waals surface area contributed by atoms with E-state index in [2.05, 4.69) is 46.4 Å². The number of carbonyl (C=O) groups is 4. The van der Waals surface area contributed by atoms with Gasteiger partial charge in [-0.2, -0.15) is 26.3 Å². The Bertz CT molecular complexity index is 1210. The third-order valence-corrected chi connectivity index (χ3v) is 5.72. The molecule has 1 aromatic heterocycles. The van der Waals surface area contributed by atoms with Gasteiger partial charge in [0.15, 0.2) is 12.1 Å². The van der Waals surface area contributed by atoms with E-state index in [1.807, 2.05) is 18.2 Å². The lowest BCUT2D eigenvalue weighted by Gasteiger charge is -2.25. The van der Waals surface area contributed by atoms with E-state index in [9.17, 15) is 45.5 Å². The highest BCUT2D eigenvalue weighted by atomic mass is 19.4. The molecule has 1 fully saturated rings. The van der Waals surface area contributed by atoms with Crippen LogP contribution >= 0.6 is 0 Å². The molecule has 0 radical (unpaired) electrons. The van der Waals surface area contributed by atoms with Gasteiger partial charge in [-0.3, -0.25) is 19.2 Å². The second-order valence-electron chi connectivity index (χ2n) is 10.4. The third kappa shape index (κ3) is 12.9. The van der Waals surface area contributed by atoms with Gasteiger partial charge in [-0.25, -0.2) is 0 Å². The first-order valence-electron chi connectivity index (χ1n) is 13.5. The molecule has 1 saturated heterocycles. The third-order valence-electron chi connectivity index (χ3n) is 5.72. The molecule has 1 aliphatic rings. The van der Waals surface area contributed by atoms with Crippen LogP contribution in [0.4, 0.5) is 26.3 Å². The Morgan fingerprint density at radius 3 is 2.20 bits per heavy atom. The molecule has 16 heteroatoms. The number of ether oxygens (including phenoxy) is 2. The van der Waals surface area contributed by atoms with Gasteiger partial charge >= 0.3 is 12.4 Å². The molecular weight excluding hydrogens is 602 g/mol. The maximum atomic E-state index is 12.5. The average molecular weight is 641 g/mol. The molecule has 0 bridgehead atoms. The van der Waals surface area contributed by atoms with Gasteiger partial charge in [-0.05, 0) is 44.0 Å². The molecule has 1 aliphatic heterocycles. The maximum absolute atomic E-state index is 12.5. The first kappa shape index (κ1) is 38.4. The Balaban J connectivity index is 0.000000465. The van der Waals surface area contributed by atoms with Crippen LogP contribution in [0.3, 0.4) is 0 Å². The summed E-state index contributed by atoms with van der Waals surface area (Å²) >= 11 is 0. The number of likely N-dealkylation sites (N-methyl/N-ethyl adjacent to an activating group) is 1. The molecule has 10 nitrogen and oxygen atoms in total. The molecule has 2 aromatic rings. The van der Waals surface area contributed by atoms with Crippen molar-refractivity contribution in [2.75, 3.05) is 33.9 Å². The van der Waals surface area contributed by atoms with Crippen molar-refractivity contribution in [2.45, 2.75) is 58.1 Å². The van der Waals surface area contributed by atoms with Crippen LogP contribution in [0.2, 0.25) is 0 Å². The molecule has 248 valence electrons. The minimum Gasteiger partial charge on any atom is -0.496 e. The number of aromatic amines is 1. The Morgan fingerprint density at radius 1 is 1.11 bits per heavy atom. The number of alkyl halides is 6. The first-order chi connectivity index (χ1) is 20.4. The highest BCUT2D eigenvalue weighted by Crippen LogP contribution is 2.35. The number of halogens is 6. The maximum Gasteiger partial charge on any atom is 0.423 e. The van der Waals surface area contributed by atoms with Gasteiger partial charge in [0.1, 0.15) is 12.4 Å². The Morgan fingerprint density at radius 2 is 1.73 bits per heavy atom. The fraction of sp³-hybridized carbons (Fsp3) is 0.571. The fourth-order valence-corrected chi connectivity index (χ4v) is 3.86. The molecule has 2 atom stereocenters. The molecule has 2 unspecified atom stereocenters. The van der Waals surface area contributed by atoms with E-state index in [1.54, 1.807) is 13.2 Å². The number of H-pyrrole nitrogens is 1. The van der Waals surface area contributed by atoms with Crippen molar-refractivity contribution < 1.29 is 55.0 Å². The summed E-state index contributed by atoms with van der Waals surface area (Å²) in [6.07, 6.45) is -14.8. The Kier molecular flexibility index (Phi) is 15.3. The number of Topliss-reactive ketones (excluding diaryl/α,β-unsaturated/α-hetero) is 1. The van der Waals surface area contributed by atoms with Crippen LogP contribution in [0.25, 0.3) is 10.9 Å². The normalized spacial score (nSPS) is 15.6. The standard InChI is InChI=1S/C14H19F6N3O4.C10H9NO2.C4H10/c1-21-5-10(25)23-8(4-7-2-3-22-11(7)26)9(24)6-27-12(13(15,16)17)14(18,19)20;1-13-10-4-2-3-9-8(10)5-7(6-12)11-9;1-4(2)3/h7-8,12,21H,2-6H2,1H3,(H,22,26)(H,23,25);2-6,11H,1H3;4H,1-3H3. The first-order valence-corrected chi connectivity index (χ1v) is 13.5. The lowest BCUT2D eigenvalue weighted by molar-refractivity contribution is -0.319. The summed E-state index contributed by atoms with van der Waals surface area (Å²) in [4.78, 5) is 48.8. The molecular formula is C28H38F6N4O6. The van der Waals surface area contributed by atoms with Gasteiger partial charge in [0, 0.05) is 23.4 Å². The number of nitrogens with one attached hydrogen (secondary N) is 4. The summed E-state index contributed by atoms with van der Waals surface area (Å²) in [5, 5.41) is 8.08. The van der Waals surface area contributed by atoms with E-state index in [4.69, 9.17) is 4.74 Å². The van der Waals surface area contributed by atoms with Crippen LogP contribution in [0.1, 0.15) is 44.1 Å². The van der Waals surface area contributed by atoms with Gasteiger partial charge in [0.05, 0.1) is 25.4 Å². The number of methoxy groups -OCH3 is 1.